The Morgan fingerprint density at radius 3 is 2.62 bits per heavy atom. The Morgan fingerprint density at radius 1 is 1.12 bits per heavy atom. The van der Waals surface area contributed by atoms with Crippen LogP contribution in [0, 0.1) is 0 Å². The van der Waals surface area contributed by atoms with Crippen LogP contribution in [0.25, 0.3) is 0 Å². The molecular formula is C20H25N7O4S. The Morgan fingerprint density at radius 2 is 1.88 bits per heavy atom. The van der Waals surface area contributed by atoms with Crippen molar-refractivity contribution < 1.29 is 9.59 Å². The normalized spacial score (nSPS) is 15.9. The molecule has 0 aliphatic carbocycles. The molecule has 0 aromatic carbocycles. The second kappa shape index (κ2) is 9.98. The zero-order chi connectivity index (χ0) is 22.5. The van der Waals surface area contributed by atoms with Gasteiger partial charge in [0.15, 0.2) is 0 Å². The lowest BCUT2D eigenvalue weighted by molar-refractivity contribution is -0.131. The highest BCUT2D eigenvalue weighted by Gasteiger charge is 2.23. The first-order chi connectivity index (χ1) is 15.5. The summed E-state index contributed by atoms with van der Waals surface area (Å²) < 4.78 is 1.33. The second-order valence-electron chi connectivity index (χ2n) is 7.59. The molecule has 0 saturated carbocycles. The number of carbonyl (C=O) groups is 2. The van der Waals surface area contributed by atoms with Gasteiger partial charge in [-0.3, -0.25) is 23.9 Å². The van der Waals surface area contributed by atoms with Crippen LogP contribution in [0.1, 0.15) is 17.7 Å². The van der Waals surface area contributed by atoms with Crippen molar-refractivity contribution >= 4 is 29.5 Å². The average Bonchev–Trinajstić information content (AvgIpc) is 2.82. The maximum Gasteiger partial charge on any atom is 0.329 e. The molecule has 12 heteroatoms. The van der Waals surface area contributed by atoms with Crippen LogP contribution in [0.4, 0.5) is 5.95 Å². The lowest BCUT2D eigenvalue weighted by Crippen LogP contribution is -2.49. The standard InChI is InChI=1S/C20H25N7O4S/c28-16(12-27-15-3-11-32-13-14(15)18(30)24-20(27)31)21-6-2-17(29)25-7-9-26(10-8-25)19-22-4-1-5-23-19/h1,4-5H,2-3,6-13H2,(H,21,28)(H,24,30,31). The third-order valence-corrected chi connectivity index (χ3v) is 6.56. The van der Waals surface area contributed by atoms with Crippen molar-refractivity contribution in [2.45, 2.75) is 25.1 Å². The number of anilines is 1. The number of amides is 2. The summed E-state index contributed by atoms with van der Waals surface area (Å²) >= 11 is 1.63. The van der Waals surface area contributed by atoms with E-state index < -0.39 is 5.69 Å². The number of hydrogen-bond donors (Lipinski definition) is 2. The highest BCUT2D eigenvalue weighted by Crippen LogP contribution is 2.20. The molecule has 4 heterocycles. The smallest absolute Gasteiger partial charge is 0.329 e. The van der Waals surface area contributed by atoms with E-state index in [0.717, 1.165) is 5.75 Å². The number of rotatable bonds is 6. The van der Waals surface area contributed by atoms with E-state index >= 15 is 0 Å². The predicted octanol–water partition coefficient (Wildman–Crippen LogP) is -1.03. The van der Waals surface area contributed by atoms with Crippen LogP contribution < -0.4 is 21.5 Å². The number of H-pyrrole nitrogens is 1. The molecule has 2 N–H and O–H groups in total. The minimum Gasteiger partial charge on any atom is -0.354 e. The molecule has 2 aliphatic rings. The van der Waals surface area contributed by atoms with Gasteiger partial charge in [-0.15, -0.1) is 0 Å². The fourth-order valence-electron chi connectivity index (χ4n) is 3.88. The van der Waals surface area contributed by atoms with Crippen LogP contribution in [0.3, 0.4) is 0 Å². The lowest BCUT2D eigenvalue weighted by atomic mass is 10.2. The fraction of sp³-hybridized carbons (Fsp3) is 0.500. The quantitative estimate of drug-likeness (QED) is 0.560. The molecule has 1 saturated heterocycles. The van der Waals surface area contributed by atoms with Gasteiger partial charge in [-0.05, 0) is 18.2 Å². The number of hydrogen-bond acceptors (Lipinski definition) is 8. The zero-order valence-corrected chi connectivity index (χ0v) is 18.4. The van der Waals surface area contributed by atoms with Gasteiger partial charge in [0.1, 0.15) is 6.54 Å². The zero-order valence-electron chi connectivity index (χ0n) is 17.6. The second-order valence-corrected chi connectivity index (χ2v) is 8.70. The van der Waals surface area contributed by atoms with Crippen molar-refractivity contribution in [2.75, 3.05) is 43.4 Å². The maximum absolute atomic E-state index is 12.5. The first-order valence-electron chi connectivity index (χ1n) is 10.5. The molecule has 32 heavy (non-hydrogen) atoms. The van der Waals surface area contributed by atoms with Crippen molar-refractivity contribution in [1.29, 1.82) is 0 Å². The van der Waals surface area contributed by atoms with Crippen LogP contribution >= 0.6 is 11.8 Å². The van der Waals surface area contributed by atoms with Crippen molar-refractivity contribution in [1.82, 2.24) is 29.7 Å². The maximum atomic E-state index is 12.5. The Kier molecular flexibility index (Phi) is 6.88. The fourth-order valence-corrected chi connectivity index (χ4v) is 4.86. The molecule has 0 bridgehead atoms. The lowest BCUT2D eigenvalue weighted by Gasteiger charge is -2.34. The van der Waals surface area contributed by atoms with Gasteiger partial charge in [-0.2, -0.15) is 11.8 Å². The summed E-state index contributed by atoms with van der Waals surface area (Å²) in [6, 6.07) is 1.76. The first-order valence-corrected chi connectivity index (χ1v) is 11.7. The van der Waals surface area contributed by atoms with E-state index in [4.69, 9.17) is 0 Å². The summed E-state index contributed by atoms with van der Waals surface area (Å²) in [7, 11) is 0. The summed E-state index contributed by atoms with van der Waals surface area (Å²) in [5, 5.41) is 2.71. The molecule has 11 nitrogen and oxygen atoms in total. The first kappa shape index (κ1) is 22.1. The number of aromatic amines is 1. The molecule has 4 rings (SSSR count). The highest BCUT2D eigenvalue weighted by molar-refractivity contribution is 7.98. The Bertz CT molecular complexity index is 1090. The van der Waals surface area contributed by atoms with Crippen LogP contribution in [0.15, 0.2) is 28.0 Å². The van der Waals surface area contributed by atoms with Gasteiger partial charge < -0.3 is 15.1 Å². The molecule has 1 fully saturated rings. The van der Waals surface area contributed by atoms with Crippen molar-refractivity contribution in [2.24, 2.45) is 0 Å². The molecule has 0 radical (unpaired) electrons. The van der Waals surface area contributed by atoms with Crippen LogP contribution in [-0.2, 0) is 28.3 Å². The van der Waals surface area contributed by atoms with Gasteiger partial charge in [-0.25, -0.2) is 14.8 Å². The topological polar surface area (TPSA) is 133 Å². The number of piperazine rings is 1. The number of nitrogens with one attached hydrogen (secondary N) is 2. The van der Waals surface area contributed by atoms with E-state index in [-0.39, 0.29) is 36.9 Å². The molecule has 0 unspecified atom stereocenters. The molecule has 0 atom stereocenters. The summed E-state index contributed by atoms with van der Waals surface area (Å²) in [5.41, 5.74) is 0.235. The summed E-state index contributed by atoms with van der Waals surface area (Å²) in [4.78, 5) is 63.6. The average molecular weight is 460 g/mol. The van der Waals surface area contributed by atoms with E-state index in [1.165, 1.54) is 4.57 Å². The number of carbonyl (C=O) groups excluding carboxylic acids is 2. The molecule has 170 valence electrons. The summed E-state index contributed by atoms with van der Waals surface area (Å²) in [6.07, 6.45) is 4.14. The summed E-state index contributed by atoms with van der Waals surface area (Å²) in [6.45, 7) is 2.47. The van der Waals surface area contributed by atoms with Crippen LogP contribution in [0.5, 0.6) is 0 Å². The summed E-state index contributed by atoms with van der Waals surface area (Å²) in [5.74, 6) is 1.60. The molecule has 2 aliphatic heterocycles. The Hall–Kier alpha value is -3.15. The largest absolute Gasteiger partial charge is 0.354 e. The van der Waals surface area contributed by atoms with E-state index in [9.17, 15) is 19.2 Å². The number of aromatic nitrogens is 4. The molecular weight excluding hydrogens is 434 g/mol. The Balaban J connectivity index is 1.25. The van der Waals surface area contributed by atoms with Crippen LogP contribution in [-0.4, -0.2) is 74.7 Å². The van der Waals surface area contributed by atoms with Gasteiger partial charge in [0.25, 0.3) is 5.56 Å². The predicted molar refractivity (Wildman–Crippen MR) is 120 cm³/mol. The number of nitrogens with zero attached hydrogens (tertiary/aromatic N) is 5. The molecule has 2 amide bonds. The molecule has 0 spiro atoms. The molecule has 2 aromatic heterocycles. The van der Waals surface area contributed by atoms with Gasteiger partial charge in [0, 0.05) is 68.5 Å². The van der Waals surface area contributed by atoms with Gasteiger partial charge in [0.2, 0.25) is 17.8 Å². The van der Waals surface area contributed by atoms with E-state index in [2.05, 4.69) is 20.3 Å². The third-order valence-electron chi connectivity index (χ3n) is 5.57. The van der Waals surface area contributed by atoms with Crippen molar-refractivity contribution in [3.8, 4) is 0 Å². The molecule has 2 aromatic rings. The Labute approximate surface area is 188 Å². The van der Waals surface area contributed by atoms with Crippen molar-refractivity contribution in [3.05, 3.63) is 50.6 Å². The van der Waals surface area contributed by atoms with Gasteiger partial charge in [-0.1, -0.05) is 0 Å². The monoisotopic (exact) mass is 459 g/mol. The van der Waals surface area contributed by atoms with Gasteiger partial charge in [0.05, 0.1) is 0 Å². The third kappa shape index (κ3) is 5.01. The van der Waals surface area contributed by atoms with E-state index in [0.29, 0.717) is 55.6 Å². The van der Waals surface area contributed by atoms with E-state index in [1.54, 1.807) is 35.1 Å². The minimum atomic E-state index is -0.577. The van der Waals surface area contributed by atoms with Crippen LogP contribution in [0.2, 0.25) is 0 Å². The van der Waals surface area contributed by atoms with Gasteiger partial charge >= 0.3 is 5.69 Å². The minimum absolute atomic E-state index is 0.0328. The SMILES string of the molecule is O=C(Cn1c2c(c(=O)[nH]c1=O)CSCC2)NCCC(=O)N1CCN(c2ncccn2)CC1. The van der Waals surface area contributed by atoms with E-state index in [1.807, 2.05) is 4.90 Å². The number of fused-ring (bicyclic) bond motifs is 1. The van der Waals surface area contributed by atoms with Crippen molar-refractivity contribution in [3.63, 3.8) is 0 Å². The number of thioether (sulfide) groups is 1. The highest BCUT2D eigenvalue weighted by atomic mass is 32.2.